The van der Waals surface area contributed by atoms with Crippen molar-refractivity contribution < 1.29 is 14.6 Å². The molecule has 0 aliphatic carbocycles. The first-order valence-corrected chi connectivity index (χ1v) is 10.1. The number of benzene rings is 2. The Balaban J connectivity index is 1.57. The molecule has 1 amide bonds. The van der Waals surface area contributed by atoms with Gasteiger partial charge in [0.15, 0.2) is 0 Å². The molecule has 0 spiro atoms. The van der Waals surface area contributed by atoms with Crippen molar-refractivity contribution in [1.82, 2.24) is 4.90 Å². The van der Waals surface area contributed by atoms with Crippen LogP contribution >= 0.6 is 0 Å². The lowest BCUT2D eigenvalue weighted by Crippen LogP contribution is -2.37. The van der Waals surface area contributed by atoms with Gasteiger partial charge in [0, 0.05) is 30.0 Å². The zero-order valence-corrected chi connectivity index (χ0v) is 17.6. The fourth-order valence-electron chi connectivity index (χ4n) is 3.41. The molecule has 0 saturated carbocycles. The van der Waals surface area contributed by atoms with Gasteiger partial charge >= 0.3 is 0 Å². The number of amides is 1. The minimum Gasteiger partial charge on any atom is -0.493 e. The molecule has 2 unspecified atom stereocenters. The first-order valence-electron chi connectivity index (χ1n) is 10.1. The number of carbonyl (C=O) groups is 1. The van der Waals surface area contributed by atoms with Gasteiger partial charge in [0.25, 0.3) is 5.91 Å². The minimum atomic E-state index is -0.364. The number of carbonyl (C=O) groups excluding carboxylic acids is 1. The average molecular weight is 398 g/mol. The Kier molecular flexibility index (Phi) is 6.77. The Hall–Kier alpha value is -2.57. The molecular weight excluding hydrogens is 366 g/mol. The fraction of sp³-hybridized carbons (Fsp3) is 0.435. The van der Waals surface area contributed by atoms with Gasteiger partial charge in [-0.25, -0.2) is 0 Å². The maximum absolute atomic E-state index is 12.5. The molecule has 6 heteroatoms. The van der Waals surface area contributed by atoms with Gasteiger partial charge in [-0.15, -0.1) is 0 Å². The van der Waals surface area contributed by atoms with Crippen LogP contribution in [0.2, 0.25) is 0 Å². The molecular formula is C23H31N3O3. The lowest BCUT2D eigenvalue weighted by atomic mass is 10.2. The Morgan fingerprint density at radius 1 is 1.14 bits per heavy atom. The third kappa shape index (κ3) is 5.49. The van der Waals surface area contributed by atoms with Crippen LogP contribution in [-0.2, 0) is 0 Å². The van der Waals surface area contributed by atoms with Crippen LogP contribution in [0, 0.1) is 5.92 Å². The van der Waals surface area contributed by atoms with E-state index in [1.54, 1.807) is 12.1 Å². The normalized spacial score (nSPS) is 19.1. The highest BCUT2D eigenvalue weighted by Crippen LogP contribution is 2.24. The molecule has 6 nitrogen and oxygen atoms in total. The second-order valence-electron chi connectivity index (χ2n) is 8.23. The topological polar surface area (TPSA) is 65.0 Å². The van der Waals surface area contributed by atoms with E-state index in [0.717, 1.165) is 23.7 Å². The monoisotopic (exact) mass is 397 g/mol. The maximum atomic E-state index is 12.5. The van der Waals surface area contributed by atoms with E-state index in [2.05, 4.69) is 29.0 Å². The number of anilines is 2. The molecule has 0 bridgehead atoms. The zero-order chi connectivity index (χ0) is 21.0. The van der Waals surface area contributed by atoms with Gasteiger partial charge < -0.3 is 25.0 Å². The molecule has 2 aromatic carbocycles. The van der Waals surface area contributed by atoms with Crippen molar-refractivity contribution in [2.24, 2.45) is 5.92 Å². The number of rotatable bonds is 7. The first kappa shape index (κ1) is 21.1. The molecule has 156 valence electrons. The molecule has 1 fully saturated rings. The van der Waals surface area contributed by atoms with E-state index in [4.69, 9.17) is 4.74 Å². The van der Waals surface area contributed by atoms with Crippen molar-refractivity contribution in [3.63, 3.8) is 0 Å². The summed E-state index contributed by atoms with van der Waals surface area (Å²) in [6, 6.07) is 15.0. The number of likely N-dealkylation sites (N-methyl/N-ethyl adjacent to an activating group) is 1. The third-order valence-electron chi connectivity index (χ3n) is 5.11. The molecule has 2 aromatic rings. The number of hydrogen-bond donors (Lipinski definition) is 2. The van der Waals surface area contributed by atoms with Gasteiger partial charge in [-0.3, -0.25) is 4.79 Å². The molecule has 1 saturated heterocycles. The average Bonchev–Trinajstić information content (AvgIpc) is 3.09. The van der Waals surface area contributed by atoms with Crippen LogP contribution < -0.4 is 15.0 Å². The summed E-state index contributed by atoms with van der Waals surface area (Å²) in [7, 11) is 3.97. The standard InChI is InChI=1S/C23H31N3O3/c1-16(2)15-29-20-11-5-17(6-12-20)23(28)24-18-7-9-19(10-8-18)26-13-21(25(3)4)22(27)14-26/h5-12,16,21-22,27H,13-15H2,1-4H3,(H,24,28). The van der Waals surface area contributed by atoms with Crippen LogP contribution in [0.4, 0.5) is 11.4 Å². The van der Waals surface area contributed by atoms with E-state index < -0.39 is 0 Å². The molecule has 29 heavy (non-hydrogen) atoms. The first-order chi connectivity index (χ1) is 13.8. The lowest BCUT2D eigenvalue weighted by Gasteiger charge is -2.22. The van der Waals surface area contributed by atoms with Crippen LogP contribution in [0.1, 0.15) is 24.2 Å². The summed E-state index contributed by atoms with van der Waals surface area (Å²) < 4.78 is 5.65. The van der Waals surface area contributed by atoms with Crippen molar-refractivity contribution in [3.8, 4) is 5.75 Å². The maximum Gasteiger partial charge on any atom is 0.255 e. The van der Waals surface area contributed by atoms with Crippen LogP contribution in [0.3, 0.4) is 0 Å². The summed E-state index contributed by atoms with van der Waals surface area (Å²) in [6.45, 7) is 6.24. The van der Waals surface area contributed by atoms with E-state index in [-0.39, 0.29) is 18.1 Å². The van der Waals surface area contributed by atoms with Crippen molar-refractivity contribution >= 4 is 17.3 Å². The fourth-order valence-corrected chi connectivity index (χ4v) is 3.41. The molecule has 0 radical (unpaired) electrons. The Labute approximate surface area is 173 Å². The van der Waals surface area contributed by atoms with E-state index in [0.29, 0.717) is 24.6 Å². The van der Waals surface area contributed by atoms with Crippen molar-refractivity contribution in [2.75, 3.05) is 44.0 Å². The third-order valence-corrected chi connectivity index (χ3v) is 5.11. The molecule has 3 rings (SSSR count). The number of aliphatic hydroxyl groups excluding tert-OH is 1. The van der Waals surface area contributed by atoms with Crippen molar-refractivity contribution in [1.29, 1.82) is 0 Å². The number of ether oxygens (including phenoxy) is 1. The van der Waals surface area contributed by atoms with Gasteiger partial charge in [-0.05, 0) is 68.5 Å². The van der Waals surface area contributed by atoms with Gasteiger partial charge in [-0.1, -0.05) is 13.8 Å². The predicted octanol–water partition coefficient (Wildman–Crippen LogP) is 3.08. The highest BCUT2D eigenvalue weighted by molar-refractivity contribution is 6.04. The summed E-state index contributed by atoms with van der Waals surface area (Å²) in [5.41, 5.74) is 2.36. The second kappa shape index (κ2) is 9.29. The van der Waals surface area contributed by atoms with Crippen LogP contribution in [-0.4, -0.2) is 61.9 Å². The van der Waals surface area contributed by atoms with Gasteiger partial charge in [0.05, 0.1) is 18.8 Å². The molecule has 2 atom stereocenters. The van der Waals surface area contributed by atoms with Crippen molar-refractivity contribution in [2.45, 2.75) is 26.0 Å². The number of aliphatic hydroxyl groups is 1. The molecule has 1 heterocycles. The summed E-state index contributed by atoms with van der Waals surface area (Å²) in [5.74, 6) is 1.07. The molecule has 1 aliphatic heterocycles. The Morgan fingerprint density at radius 2 is 1.79 bits per heavy atom. The van der Waals surface area contributed by atoms with Gasteiger partial charge in [0.1, 0.15) is 5.75 Å². The Bertz CT molecular complexity index is 803. The van der Waals surface area contributed by atoms with E-state index in [9.17, 15) is 9.90 Å². The van der Waals surface area contributed by atoms with Crippen LogP contribution in [0.5, 0.6) is 5.75 Å². The van der Waals surface area contributed by atoms with E-state index >= 15 is 0 Å². The van der Waals surface area contributed by atoms with E-state index in [1.807, 2.05) is 50.5 Å². The number of nitrogens with zero attached hydrogens (tertiary/aromatic N) is 2. The number of β-amino-alcohol motifs (C(OH)–C–C–N with tert-alkyl or cyclic N) is 1. The van der Waals surface area contributed by atoms with Crippen LogP contribution in [0.15, 0.2) is 48.5 Å². The van der Waals surface area contributed by atoms with Gasteiger partial charge in [-0.2, -0.15) is 0 Å². The zero-order valence-electron chi connectivity index (χ0n) is 17.6. The summed E-state index contributed by atoms with van der Waals surface area (Å²) >= 11 is 0. The predicted molar refractivity (Wildman–Crippen MR) is 117 cm³/mol. The summed E-state index contributed by atoms with van der Waals surface area (Å²) in [5, 5.41) is 13.1. The largest absolute Gasteiger partial charge is 0.493 e. The second-order valence-corrected chi connectivity index (χ2v) is 8.23. The highest BCUT2D eigenvalue weighted by atomic mass is 16.5. The molecule has 0 aromatic heterocycles. The summed E-state index contributed by atoms with van der Waals surface area (Å²) in [4.78, 5) is 16.7. The highest BCUT2D eigenvalue weighted by Gasteiger charge is 2.32. The quantitative estimate of drug-likeness (QED) is 0.752. The van der Waals surface area contributed by atoms with Crippen LogP contribution in [0.25, 0.3) is 0 Å². The number of hydrogen-bond acceptors (Lipinski definition) is 5. The van der Waals surface area contributed by atoms with Crippen molar-refractivity contribution in [3.05, 3.63) is 54.1 Å². The SMILES string of the molecule is CC(C)COc1ccc(C(=O)Nc2ccc(N3CC(O)C(N(C)C)C3)cc2)cc1. The summed E-state index contributed by atoms with van der Waals surface area (Å²) in [6.07, 6.45) is -0.364. The smallest absolute Gasteiger partial charge is 0.255 e. The van der Waals surface area contributed by atoms with Gasteiger partial charge in [0.2, 0.25) is 0 Å². The van der Waals surface area contributed by atoms with E-state index in [1.165, 1.54) is 0 Å². The molecule has 1 aliphatic rings. The molecule has 2 N–H and O–H groups in total. The lowest BCUT2D eigenvalue weighted by molar-refractivity contribution is 0.102. The minimum absolute atomic E-state index is 0.127. The Morgan fingerprint density at radius 3 is 2.34 bits per heavy atom. The number of nitrogens with one attached hydrogen (secondary N) is 1.